The highest BCUT2D eigenvalue weighted by atomic mass is 35.5. The fraction of sp³-hybridized carbons (Fsp3) is 0.387. The quantitative estimate of drug-likeness (QED) is 0.347. The number of anilines is 1. The standard InChI is InChI=1S/C31H38ClN3O6S/c1-21-17-35(22(2)20-36)31(37)16-24-15-26(33-42(38,39)28-12-7-25(32)8-13-28)9-14-29(24)41-30(21)19-34(3)18-23-5-10-27(40-4)11-6-23/h5-15,21-22,30,33,36H,16-20H2,1-4H3/t21-,22+,30-/m1/s1. The molecule has 1 aliphatic heterocycles. The van der Waals surface area contributed by atoms with E-state index in [0.29, 0.717) is 41.7 Å². The highest BCUT2D eigenvalue weighted by Gasteiger charge is 2.31. The number of sulfonamides is 1. The van der Waals surface area contributed by atoms with E-state index in [2.05, 4.69) is 9.62 Å². The maximum absolute atomic E-state index is 13.5. The molecule has 1 aliphatic rings. The molecule has 0 spiro atoms. The molecule has 0 aromatic heterocycles. The van der Waals surface area contributed by atoms with Gasteiger partial charge >= 0.3 is 0 Å². The number of methoxy groups -OCH3 is 1. The number of fused-ring (bicyclic) bond motifs is 1. The largest absolute Gasteiger partial charge is 0.497 e. The molecule has 0 saturated heterocycles. The first-order valence-electron chi connectivity index (χ1n) is 13.8. The van der Waals surface area contributed by atoms with Gasteiger partial charge in [-0.25, -0.2) is 8.42 Å². The summed E-state index contributed by atoms with van der Waals surface area (Å²) in [5.74, 6) is 1.09. The van der Waals surface area contributed by atoms with Crippen molar-refractivity contribution >= 4 is 33.2 Å². The molecule has 2 N–H and O–H groups in total. The molecule has 0 radical (unpaired) electrons. The summed E-state index contributed by atoms with van der Waals surface area (Å²) in [6.07, 6.45) is -0.292. The molecule has 3 aromatic carbocycles. The van der Waals surface area contributed by atoms with Crippen LogP contribution in [0.15, 0.2) is 71.6 Å². The van der Waals surface area contributed by atoms with E-state index in [1.807, 2.05) is 45.2 Å². The van der Waals surface area contributed by atoms with Crippen LogP contribution in [0.3, 0.4) is 0 Å². The lowest BCUT2D eigenvalue weighted by Crippen LogP contribution is -2.47. The van der Waals surface area contributed by atoms with E-state index in [9.17, 15) is 18.3 Å². The Morgan fingerprint density at radius 2 is 1.83 bits per heavy atom. The summed E-state index contributed by atoms with van der Waals surface area (Å²) in [5, 5.41) is 10.3. The zero-order valence-electron chi connectivity index (χ0n) is 24.3. The van der Waals surface area contributed by atoms with Gasteiger partial charge in [-0.1, -0.05) is 30.7 Å². The Morgan fingerprint density at radius 1 is 1.14 bits per heavy atom. The second kappa shape index (κ2) is 13.8. The number of aliphatic hydroxyl groups is 1. The number of halogens is 1. The maximum atomic E-state index is 13.5. The van der Waals surface area contributed by atoms with Crippen LogP contribution >= 0.6 is 11.6 Å². The third-order valence-electron chi connectivity index (χ3n) is 7.40. The second-order valence-electron chi connectivity index (χ2n) is 10.8. The molecule has 4 rings (SSSR count). The summed E-state index contributed by atoms with van der Waals surface area (Å²) < 4.78 is 40.4. The van der Waals surface area contributed by atoms with E-state index >= 15 is 0 Å². The Bertz CT molecular complexity index is 1470. The van der Waals surface area contributed by atoms with Crippen molar-refractivity contribution in [1.29, 1.82) is 0 Å². The zero-order chi connectivity index (χ0) is 30.4. The van der Waals surface area contributed by atoms with Gasteiger partial charge in [-0.05, 0) is 74.1 Å². The first-order chi connectivity index (χ1) is 20.0. The van der Waals surface area contributed by atoms with Crippen molar-refractivity contribution in [2.45, 2.75) is 43.9 Å². The van der Waals surface area contributed by atoms with Gasteiger partial charge in [0.25, 0.3) is 10.0 Å². The van der Waals surface area contributed by atoms with E-state index < -0.39 is 10.0 Å². The molecule has 1 heterocycles. The normalized spacial score (nSPS) is 18.4. The van der Waals surface area contributed by atoms with E-state index in [0.717, 1.165) is 11.3 Å². The lowest BCUT2D eigenvalue weighted by molar-refractivity contribution is -0.134. The van der Waals surface area contributed by atoms with Gasteiger partial charge in [0, 0.05) is 41.8 Å². The molecule has 9 nitrogen and oxygen atoms in total. The van der Waals surface area contributed by atoms with Gasteiger partial charge in [-0.3, -0.25) is 14.4 Å². The lowest BCUT2D eigenvalue weighted by atomic mass is 10.0. The van der Waals surface area contributed by atoms with E-state index in [1.54, 1.807) is 30.2 Å². The van der Waals surface area contributed by atoms with Crippen LogP contribution in [0.5, 0.6) is 11.5 Å². The highest BCUT2D eigenvalue weighted by molar-refractivity contribution is 7.92. The third-order valence-corrected chi connectivity index (χ3v) is 9.04. The summed E-state index contributed by atoms with van der Waals surface area (Å²) in [4.78, 5) is 17.4. The van der Waals surface area contributed by atoms with Crippen LogP contribution in [-0.2, 0) is 27.8 Å². The Hall–Kier alpha value is -3.31. The number of likely N-dealkylation sites (N-methyl/N-ethyl adjacent to an activating group) is 1. The number of carbonyl (C=O) groups excluding carboxylic acids is 1. The second-order valence-corrected chi connectivity index (χ2v) is 12.9. The number of hydrogen-bond acceptors (Lipinski definition) is 7. The van der Waals surface area contributed by atoms with Gasteiger partial charge < -0.3 is 19.5 Å². The van der Waals surface area contributed by atoms with Crippen molar-refractivity contribution in [2.75, 3.05) is 38.6 Å². The number of nitrogens with zero attached hydrogens (tertiary/aromatic N) is 2. The minimum absolute atomic E-state index is 0.00267. The summed E-state index contributed by atoms with van der Waals surface area (Å²) in [5.41, 5.74) is 1.99. The van der Waals surface area contributed by atoms with E-state index in [4.69, 9.17) is 21.1 Å². The SMILES string of the molecule is COc1ccc(CN(C)C[C@H]2Oc3ccc(NS(=O)(=O)c4ccc(Cl)cc4)cc3CC(=O)N([C@@H](C)CO)C[C@H]2C)cc1. The number of amides is 1. The fourth-order valence-electron chi connectivity index (χ4n) is 4.95. The van der Waals surface area contributed by atoms with Gasteiger partial charge in [0.1, 0.15) is 17.6 Å². The van der Waals surface area contributed by atoms with Crippen LogP contribution in [-0.4, -0.2) is 75.2 Å². The topological polar surface area (TPSA) is 108 Å². The number of ether oxygens (including phenoxy) is 2. The highest BCUT2D eigenvalue weighted by Crippen LogP contribution is 2.30. The number of hydrogen-bond donors (Lipinski definition) is 2. The van der Waals surface area contributed by atoms with Crippen LogP contribution in [0, 0.1) is 5.92 Å². The van der Waals surface area contributed by atoms with Crippen molar-refractivity contribution in [3.05, 3.63) is 82.9 Å². The smallest absolute Gasteiger partial charge is 0.261 e. The Kier molecular flexibility index (Phi) is 10.4. The van der Waals surface area contributed by atoms with Gasteiger partial charge in [0.2, 0.25) is 5.91 Å². The summed E-state index contributed by atoms with van der Waals surface area (Å²) >= 11 is 5.92. The van der Waals surface area contributed by atoms with Crippen LogP contribution in [0.25, 0.3) is 0 Å². The molecule has 0 aliphatic carbocycles. The molecule has 42 heavy (non-hydrogen) atoms. The zero-order valence-corrected chi connectivity index (χ0v) is 25.9. The van der Waals surface area contributed by atoms with Crippen molar-refractivity contribution in [2.24, 2.45) is 5.92 Å². The van der Waals surface area contributed by atoms with Crippen molar-refractivity contribution in [3.8, 4) is 11.5 Å². The average Bonchev–Trinajstić information content (AvgIpc) is 3.00. The van der Waals surface area contributed by atoms with Crippen LogP contribution in [0.4, 0.5) is 5.69 Å². The number of nitrogens with one attached hydrogen (secondary N) is 1. The van der Waals surface area contributed by atoms with Crippen molar-refractivity contribution in [1.82, 2.24) is 9.80 Å². The summed E-state index contributed by atoms with van der Waals surface area (Å²) in [6.45, 7) is 5.35. The Balaban J connectivity index is 1.61. The van der Waals surface area contributed by atoms with Crippen LogP contribution in [0.2, 0.25) is 5.02 Å². The van der Waals surface area contributed by atoms with Crippen LogP contribution < -0.4 is 14.2 Å². The van der Waals surface area contributed by atoms with E-state index in [-0.39, 0.29) is 41.9 Å². The molecule has 0 saturated carbocycles. The number of benzene rings is 3. The van der Waals surface area contributed by atoms with Gasteiger partial charge in [0.15, 0.2) is 0 Å². The van der Waals surface area contributed by atoms with Gasteiger partial charge in [-0.15, -0.1) is 0 Å². The Labute approximate surface area is 253 Å². The number of carbonyl (C=O) groups is 1. The third kappa shape index (κ3) is 7.95. The lowest BCUT2D eigenvalue weighted by Gasteiger charge is -2.34. The fourth-order valence-corrected chi connectivity index (χ4v) is 6.13. The summed E-state index contributed by atoms with van der Waals surface area (Å²) in [6, 6.07) is 18.4. The number of aliphatic hydroxyl groups excluding tert-OH is 1. The van der Waals surface area contributed by atoms with Crippen molar-refractivity contribution in [3.63, 3.8) is 0 Å². The molecule has 11 heteroatoms. The predicted molar refractivity (Wildman–Crippen MR) is 164 cm³/mol. The molecule has 1 amide bonds. The molecule has 0 fully saturated rings. The molecule has 0 bridgehead atoms. The Morgan fingerprint density at radius 3 is 2.48 bits per heavy atom. The maximum Gasteiger partial charge on any atom is 0.261 e. The van der Waals surface area contributed by atoms with Gasteiger partial charge in [-0.2, -0.15) is 0 Å². The van der Waals surface area contributed by atoms with Crippen LogP contribution in [0.1, 0.15) is 25.0 Å². The van der Waals surface area contributed by atoms with Crippen molar-refractivity contribution < 1.29 is 27.8 Å². The molecular weight excluding hydrogens is 578 g/mol. The predicted octanol–water partition coefficient (Wildman–Crippen LogP) is 4.43. The molecule has 0 unspecified atom stereocenters. The minimum atomic E-state index is -3.88. The van der Waals surface area contributed by atoms with Gasteiger partial charge in [0.05, 0.1) is 31.1 Å². The average molecular weight is 616 g/mol. The minimum Gasteiger partial charge on any atom is -0.497 e. The van der Waals surface area contributed by atoms with E-state index in [1.165, 1.54) is 24.3 Å². The summed E-state index contributed by atoms with van der Waals surface area (Å²) in [7, 11) is -0.231. The molecular formula is C31H38ClN3O6S. The first-order valence-corrected chi connectivity index (χ1v) is 15.6. The molecule has 3 aromatic rings. The first kappa shape index (κ1) is 31.6. The molecule has 3 atom stereocenters. The monoisotopic (exact) mass is 615 g/mol. The molecule has 226 valence electrons. The number of rotatable bonds is 10.